The lowest BCUT2D eigenvalue weighted by Gasteiger charge is -2.36. The van der Waals surface area contributed by atoms with Gasteiger partial charge in [0, 0.05) is 40.8 Å². The zero-order valence-electron chi connectivity index (χ0n) is 18.9. The van der Waals surface area contributed by atoms with Crippen LogP contribution in [0.3, 0.4) is 0 Å². The molecule has 0 unspecified atom stereocenters. The number of aromatic nitrogens is 1. The molecule has 33 heavy (non-hydrogen) atoms. The van der Waals surface area contributed by atoms with Crippen LogP contribution in [0.5, 0.6) is 11.5 Å². The molecule has 1 saturated carbocycles. The molecular formula is C26H30FN3O3. The Morgan fingerprint density at radius 1 is 1.30 bits per heavy atom. The molecule has 2 heterocycles. The van der Waals surface area contributed by atoms with Crippen LogP contribution in [0.4, 0.5) is 4.39 Å². The highest BCUT2D eigenvalue weighted by molar-refractivity contribution is 5.95. The first-order chi connectivity index (χ1) is 16.0. The van der Waals surface area contributed by atoms with Crippen molar-refractivity contribution in [3.05, 3.63) is 59.0 Å². The molecule has 2 aliphatic rings. The number of ether oxygens (including phenoxy) is 2. The monoisotopic (exact) mass is 451 g/mol. The van der Waals surface area contributed by atoms with Gasteiger partial charge in [0.15, 0.2) is 11.5 Å². The molecule has 0 bridgehead atoms. The molecule has 6 nitrogen and oxygen atoms in total. The Bertz CT molecular complexity index is 1170. The van der Waals surface area contributed by atoms with Gasteiger partial charge in [-0.15, -0.1) is 0 Å². The summed E-state index contributed by atoms with van der Waals surface area (Å²) in [5.74, 6) is 1.34. The van der Waals surface area contributed by atoms with Crippen molar-refractivity contribution < 1.29 is 18.7 Å². The van der Waals surface area contributed by atoms with Crippen LogP contribution in [0.25, 0.3) is 10.9 Å². The van der Waals surface area contributed by atoms with Gasteiger partial charge in [-0.1, -0.05) is 0 Å². The van der Waals surface area contributed by atoms with Gasteiger partial charge in [0.2, 0.25) is 5.91 Å². The lowest BCUT2D eigenvalue weighted by molar-refractivity contribution is 0.0981. The SMILES string of the molecule is COc1ccc(C(N)=O)c2c1OC[C@H](N(CCCc1c[nH]c3ccc(F)cc13)CC1CC1)C2. The van der Waals surface area contributed by atoms with E-state index in [1.807, 2.05) is 6.20 Å². The quantitative estimate of drug-likeness (QED) is 0.514. The second-order valence-electron chi connectivity index (χ2n) is 9.20. The third kappa shape index (κ3) is 4.55. The predicted octanol–water partition coefficient (Wildman–Crippen LogP) is 4.06. The van der Waals surface area contributed by atoms with E-state index in [0.29, 0.717) is 30.1 Å². The number of fused-ring (bicyclic) bond motifs is 2. The third-order valence-corrected chi connectivity index (χ3v) is 6.90. The van der Waals surface area contributed by atoms with Gasteiger partial charge in [-0.25, -0.2) is 4.39 Å². The lowest BCUT2D eigenvalue weighted by atomic mass is 9.95. The summed E-state index contributed by atoms with van der Waals surface area (Å²) in [5, 5.41) is 0.955. The molecule has 174 valence electrons. The molecule has 0 radical (unpaired) electrons. The number of hydrogen-bond acceptors (Lipinski definition) is 4. The summed E-state index contributed by atoms with van der Waals surface area (Å²) in [6.07, 6.45) is 7.05. The van der Waals surface area contributed by atoms with Crippen LogP contribution in [0, 0.1) is 11.7 Å². The molecule has 3 aromatic rings. The van der Waals surface area contributed by atoms with E-state index < -0.39 is 5.91 Å². The second-order valence-corrected chi connectivity index (χ2v) is 9.20. The average molecular weight is 452 g/mol. The maximum Gasteiger partial charge on any atom is 0.249 e. The Kier molecular flexibility index (Phi) is 5.98. The summed E-state index contributed by atoms with van der Waals surface area (Å²) < 4.78 is 25.3. The van der Waals surface area contributed by atoms with E-state index in [4.69, 9.17) is 15.2 Å². The number of hydrogen-bond donors (Lipinski definition) is 2. The fourth-order valence-electron chi connectivity index (χ4n) is 4.95. The second kappa shape index (κ2) is 9.06. The summed E-state index contributed by atoms with van der Waals surface area (Å²) in [6.45, 7) is 2.50. The number of aromatic amines is 1. The molecule has 1 aliphatic carbocycles. The smallest absolute Gasteiger partial charge is 0.249 e. The normalized spacial score (nSPS) is 17.7. The van der Waals surface area contributed by atoms with Crippen LogP contribution >= 0.6 is 0 Å². The van der Waals surface area contributed by atoms with Gasteiger partial charge in [0.1, 0.15) is 12.4 Å². The van der Waals surface area contributed by atoms with E-state index in [-0.39, 0.29) is 11.9 Å². The number of rotatable bonds is 9. The van der Waals surface area contributed by atoms with E-state index in [2.05, 4.69) is 9.88 Å². The van der Waals surface area contributed by atoms with Crippen LogP contribution in [0.1, 0.15) is 40.7 Å². The molecule has 1 atom stereocenters. The molecule has 0 saturated heterocycles. The third-order valence-electron chi connectivity index (χ3n) is 6.90. The number of halogens is 1. The number of nitrogens with two attached hydrogens (primary N) is 1. The minimum Gasteiger partial charge on any atom is -0.493 e. The zero-order chi connectivity index (χ0) is 22.9. The highest BCUT2D eigenvalue weighted by Gasteiger charge is 2.33. The summed E-state index contributed by atoms with van der Waals surface area (Å²) in [5.41, 5.74) is 9.10. The highest BCUT2D eigenvalue weighted by Crippen LogP contribution is 2.39. The molecule has 5 rings (SSSR count). The summed E-state index contributed by atoms with van der Waals surface area (Å²) in [7, 11) is 1.60. The number of nitrogens with one attached hydrogen (secondary N) is 1. The van der Waals surface area contributed by atoms with Crippen molar-refractivity contribution in [3.63, 3.8) is 0 Å². The first-order valence-corrected chi connectivity index (χ1v) is 11.7. The predicted molar refractivity (Wildman–Crippen MR) is 125 cm³/mol. The number of H-pyrrole nitrogens is 1. The Morgan fingerprint density at radius 2 is 2.15 bits per heavy atom. The van der Waals surface area contributed by atoms with Crippen LogP contribution < -0.4 is 15.2 Å². The van der Waals surface area contributed by atoms with E-state index in [0.717, 1.165) is 53.9 Å². The number of aryl methyl sites for hydroxylation is 1. The van der Waals surface area contributed by atoms with Gasteiger partial charge in [0.25, 0.3) is 0 Å². The van der Waals surface area contributed by atoms with Gasteiger partial charge >= 0.3 is 0 Å². The van der Waals surface area contributed by atoms with Crippen LogP contribution in [0.15, 0.2) is 36.5 Å². The molecule has 1 amide bonds. The van der Waals surface area contributed by atoms with Crippen molar-refractivity contribution in [2.24, 2.45) is 11.7 Å². The number of nitrogens with zero attached hydrogens (tertiary/aromatic N) is 1. The zero-order valence-corrected chi connectivity index (χ0v) is 18.9. The number of amides is 1. The standard InChI is InChI=1S/C26H30FN3O3/c1-32-24-9-7-20(26(28)31)22-12-19(15-33-25(22)24)30(14-16-4-5-16)10-2-3-17-13-29-23-8-6-18(27)11-21(17)23/h6-9,11,13,16,19,29H,2-5,10,12,14-15H2,1H3,(H2,28,31)/t19-/m1/s1. The summed E-state index contributed by atoms with van der Waals surface area (Å²) in [4.78, 5) is 17.8. The van der Waals surface area contributed by atoms with Gasteiger partial charge < -0.3 is 20.2 Å². The number of carbonyl (C=O) groups is 1. The van der Waals surface area contributed by atoms with Crippen molar-refractivity contribution in [1.82, 2.24) is 9.88 Å². The van der Waals surface area contributed by atoms with Crippen LogP contribution in [-0.2, 0) is 12.8 Å². The van der Waals surface area contributed by atoms with Crippen molar-refractivity contribution in [2.75, 3.05) is 26.8 Å². The molecule has 7 heteroatoms. The maximum absolute atomic E-state index is 13.7. The first-order valence-electron chi connectivity index (χ1n) is 11.7. The van der Waals surface area contributed by atoms with Crippen LogP contribution in [-0.4, -0.2) is 48.6 Å². The first kappa shape index (κ1) is 21.8. The van der Waals surface area contributed by atoms with E-state index in [9.17, 15) is 9.18 Å². The van der Waals surface area contributed by atoms with Gasteiger partial charge in [-0.05, 0) is 80.5 Å². The van der Waals surface area contributed by atoms with E-state index in [1.165, 1.54) is 18.9 Å². The maximum atomic E-state index is 13.7. The van der Waals surface area contributed by atoms with Crippen molar-refractivity contribution in [2.45, 2.75) is 38.1 Å². The fraction of sp³-hybridized carbons (Fsp3) is 0.423. The summed E-state index contributed by atoms with van der Waals surface area (Å²) >= 11 is 0. The van der Waals surface area contributed by atoms with E-state index >= 15 is 0 Å². The van der Waals surface area contributed by atoms with Gasteiger partial charge in [-0.3, -0.25) is 9.69 Å². The minimum absolute atomic E-state index is 0.170. The van der Waals surface area contributed by atoms with Crippen molar-refractivity contribution in [3.8, 4) is 11.5 Å². The topological polar surface area (TPSA) is 80.6 Å². The highest BCUT2D eigenvalue weighted by atomic mass is 19.1. The molecule has 0 spiro atoms. The number of methoxy groups -OCH3 is 1. The molecule has 1 aromatic heterocycles. The Balaban J connectivity index is 1.31. The summed E-state index contributed by atoms with van der Waals surface area (Å²) in [6, 6.07) is 8.51. The largest absolute Gasteiger partial charge is 0.493 e. The Morgan fingerprint density at radius 3 is 2.91 bits per heavy atom. The van der Waals surface area contributed by atoms with E-state index in [1.54, 1.807) is 31.4 Å². The van der Waals surface area contributed by atoms with Gasteiger partial charge in [0.05, 0.1) is 7.11 Å². The lowest BCUT2D eigenvalue weighted by Crippen LogP contribution is -2.45. The van der Waals surface area contributed by atoms with Crippen LogP contribution in [0.2, 0.25) is 0 Å². The Hall–Kier alpha value is -3.06. The van der Waals surface area contributed by atoms with Crippen molar-refractivity contribution >= 4 is 16.8 Å². The molecular weight excluding hydrogens is 421 g/mol. The average Bonchev–Trinajstić information content (AvgIpc) is 3.55. The number of primary amides is 1. The van der Waals surface area contributed by atoms with Crippen molar-refractivity contribution in [1.29, 1.82) is 0 Å². The molecule has 3 N–H and O–H groups in total. The minimum atomic E-state index is -0.446. The Labute approximate surface area is 192 Å². The molecule has 1 aliphatic heterocycles. The molecule has 2 aromatic carbocycles. The number of benzene rings is 2. The number of carbonyl (C=O) groups excluding carboxylic acids is 1. The fourth-order valence-corrected chi connectivity index (χ4v) is 4.95. The van der Waals surface area contributed by atoms with Gasteiger partial charge in [-0.2, -0.15) is 0 Å². The molecule has 1 fully saturated rings.